The van der Waals surface area contributed by atoms with Crippen LogP contribution in [0.3, 0.4) is 0 Å². The van der Waals surface area contributed by atoms with Crippen LogP contribution in [0.15, 0.2) is 129 Å². The molecule has 0 N–H and O–H groups in total. The van der Waals surface area contributed by atoms with Crippen LogP contribution in [0.4, 0.5) is 0 Å². The summed E-state index contributed by atoms with van der Waals surface area (Å²) in [5.41, 5.74) is 2.05. The van der Waals surface area contributed by atoms with Gasteiger partial charge in [-0.25, -0.2) is 0 Å². The van der Waals surface area contributed by atoms with E-state index in [1.807, 2.05) is 60.7 Å². The van der Waals surface area contributed by atoms with E-state index in [2.05, 4.69) is 0 Å². The maximum Gasteiger partial charge on any atom is 0.339 e. The van der Waals surface area contributed by atoms with Gasteiger partial charge in [0, 0.05) is 5.56 Å². The van der Waals surface area contributed by atoms with Gasteiger partial charge in [0.1, 0.15) is 16.2 Å². The van der Waals surface area contributed by atoms with Crippen molar-refractivity contribution in [3.8, 4) is 33.9 Å². The highest BCUT2D eigenvalue weighted by molar-refractivity contribution is 7.87. The minimum absolute atomic E-state index is 0.0286. The second-order valence-corrected chi connectivity index (χ2v) is 10.5. The molecule has 6 aromatic rings. The first kappa shape index (κ1) is 24.5. The Hall–Kier alpha value is -4.88. The zero-order valence-electron chi connectivity index (χ0n) is 20.8. The summed E-state index contributed by atoms with van der Waals surface area (Å²) in [7, 11) is -2.77. The molecule has 0 unspecified atom stereocenters. The van der Waals surface area contributed by atoms with Gasteiger partial charge in [-0.1, -0.05) is 72.8 Å². The van der Waals surface area contributed by atoms with E-state index in [0.717, 1.165) is 21.9 Å². The minimum Gasteiger partial charge on any atom is -0.497 e. The lowest BCUT2D eigenvalue weighted by Crippen LogP contribution is -2.17. The summed E-state index contributed by atoms with van der Waals surface area (Å²) in [4.78, 5) is 13.5. The van der Waals surface area contributed by atoms with E-state index in [-0.39, 0.29) is 16.0 Å². The number of methoxy groups -OCH3 is 1. The van der Waals surface area contributed by atoms with E-state index in [1.165, 1.54) is 12.1 Å². The van der Waals surface area contributed by atoms with Crippen molar-refractivity contribution in [3.05, 3.63) is 125 Å². The van der Waals surface area contributed by atoms with Crippen LogP contribution in [-0.2, 0) is 10.1 Å². The van der Waals surface area contributed by atoms with Crippen molar-refractivity contribution in [2.75, 3.05) is 7.11 Å². The average Bonchev–Trinajstić information content (AvgIpc) is 2.98. The van der Waals surface area contributed by atoms with E-state index in [4.69, 9.17) is 13.3 Å². The van der Waals surface area contributed by atoms with Crippen molar-refractivity contribution >= 4 is 31.9 Å². The van der Waals surface area contributed by atoms with Gasteiger partial charge >= 0.3 is 10.1 Å². The molecule has 0 bridgehead atoms. The first-order valence-corrected chi connectivity index (χ1v) is 13.6. The summed E-state index contributed by atoms with van der Waals surface area (Å²) in [5.74, 6) is 0.343. The van der Waals surface area contributed by atoms with Gasteiger partial charge in [-0.2, -0.15) is 8.42 Å². The lowest BCUT2D eigenvalue weighted by atomic mass is 10.0. The van der Waals surface area contributed by atoms with Crippen LogP contribution >= 0.6 is 0 Å². The van der Waals surface area contributed by atoms with Crippen LogP contribution in [0.2, 0.25) is 0 Å². The second kappa shape index (κ2) is 9.78. The van der Waals surface area contributed by atoms with Crippen molar-refractivity contribution in [1.82, 2.24) is 0 Å². The van der Waals surface area contributed by atoms with Gasteiger partial charge in [0.05, 0.1) is 12.5 Å². The van der Waals surface area contributed by atoms with Crippen molar-refractivity contribution in [1.29, 1.82) is 0 Å². The molecule has 0 saturated carbocycles. The van der Waals surface area contributed by atoms with Gasteiger partial charge in [0.2, 0.25) is 11.2 Å². The molecule has 6 nitrogen and oxygen atoms in total. The number of ether oxygens (including phenoxy) is 1. The Morgan fingerprint density at radius 3 is 2.08 bits per heavy atom. The fourth-order valence-electron chi connectivity index (χ4n) is 4.49. The summed E-state index contributed by atoms with van der Waals surface area (Å²) in [5, 5.41) is 1.99. The van der Waals surface area contributed by atoms with Gasteiger partial charge in [0.25, 0.3) is 0 Å². The smallest absolute Gasteiger partial charge is 0.339 e. The van der Waals surface area contributed by atoms with Crippen molar-refractivity contribution < 1.29 is 21.8 Å². The number of hydrogen-bond donors (Lipinski definition) is 0. The number of hydrogen-bond acceptors (Lipinski definition) is 6. The van der Waals surface area contributed by atoms with E-state index in [0.29, 0.717) is 16.9 Å². The summed E-state index contributed by atoms with van der Waals surface area (Å²) < 4.78 is 43.7. The normalized spacial score (nSPS) is 11.5. The predicted molar refractivity (Wildman–Crippen MR) is 152 cm³/mol. The topological polar surface area (TPSA) is 82.8 Å². The molecule has 0 radical (unpaired) electrons. The molecule has 0 atom stereocenters. The van der Waals surface area contributed by atoms with Crippen LogP contribution in [0.5, 0.6) is 11.5 Å². The predicted octanol–water partition coefficient (Wildman–Crippen LogP) is 7.06. The van der Waals surface area contributed by atoms with E-state index < -0.39 is 21.3 Å². The molecule has 192 valence electrons. The molecule has 39 heavy (non-hydrogen) atoms. The average molecular weight is 535 g/mol. The van der Waals surface area contributed by atoms with Gasteiger partial charge in [-0.15, -0.1) is 0 Å². The zero-order chi connectivity index (χ0) is 27.0. The maximum absolute atomic E-state index is 13.6. The number of para-hydroxylation sites is 1. The molecule has 0 saturated heterocycles. The Bertz CT molecular complexity index is 1990. The van der Waals surface area contributed by atoms with Crippen molar-refractivity contribution in [2.45, 2.75) is 4.90 Å². The molecular formula is C32H22O6S. The summed E-state index contributed by atoms with van der Waals surface area (Å²) >= 11 is 0. The van der Waals surface area contributed by atoms with Crippen LogP contribution < -0.4 is 14.3 Å². The van der Waals surface area contributed by atoms with Gasteiger partial charge < -0.3 is 13.3 Å². The molecule has 5 aromatic carbocycles. The van der Waals surface area contributed by atoms with E-state index in [9.17, 15) is 13.2 Å². The maximum atomic E-state index is 13.6. The Kier molecular flexibility index (Phi) is 6.13. The molecule has 6 rings (SSSR count). The third-order valence-electron chi connectivity index (χ3n) is 6.51. The third kappa shape index (κ3) is 4.64. The molecule has 0 aliphatic carbocycles. The SMILES string of the molecule is COc1ccc2cc(-c3oc4ccccc4c(=O)c3OS(=O)(=O)c3ccc(-c4ccccc4)cc3)ccc2c1. The number of rotatable bonds is 6. The molecule has 1 aromatic heterocycles. The van der Waals surface area contributed by atoms with E-state index >= 15 is 0 Å². The Morgan fingerprint density at radius 2 is 1.31 bits per heavy atom. The monoisotopic (exact) mass is 534 g/mol. The van der Waals surface area contributed by atoms with Crippen LogP contribution in [0, 0.1) is 0 Å². The first-order valence-electron chi connectivity index (χ1n) is 12.2. The summed E-state index contributed by atoms with van der Waals surface area (Å²) in [6.45, 7) is 0. The molecule has 0 aliphatic heterocycles. The molecular weight excluding hydrogens is 512 g/mol. The Morgan fingerprint density at radius 1 is 0.667 bits per heavy atom. The van der Waals surface area contributed by atoms with Crippen molar-refractivity contribution in [3.63, 3.8) is 0 Å². The highest BCUT2D eigenvalue weighted by Gasteiger charge is 2.25. The molecule has 7 heteroatoms. The number of fused-ring (bicyclic) bond motifs is 2. The van der Waals surface area contributed by atoms with Gasteiger partial charge in [0.15, 0.2) is 5.76 Å². The second-order valence-electron chi connectivity index (χ2n) is 8.94. The molecule has 1 heterocycles. The number of benzene rings is 5. The fraction of sp³-hybridized carbons (Fsp3) is 0.0312. The van der Waals surface area contributed by atoms with Crippen LogP contribution in [0.1, 0.15) is 0 Å². The van der Waals surface area contributed by atoms with Gasteiger partial charge in [-0.3, -0.25) is 4.79 Å². The van der Waals surface area contributed by atoms with Crippen LogP contribution in [-0.4, -0.2) is 15.5 Å². The Balaban J connectivity index is 1.46. The van der Waals surface area contributed by atoms with Crippen molar-refractivity contribution in [2.24, 2.45) is 0 Å². The lowest BCUT2D eigenvalue weighted by Gasteiger charge is -2.13. The summed E-state index contributed by atoms with van der Waals surface area (Å²) in [6.07, 6.45) is 0. The van der Waals surface area contributed by atoms with Gasteiger partial charge in [-0.05, 0) is 64.4 Å². The standard InChI is InChI=1S/C32H22O6S/c1-36-26-16-13-23-19-25(12-11-24(23)20-26)31-32(30(33)28-9-5-6-10-29(28)37-31)38-39(34,35)27-17-14-22(15-18-27)21-7-3-2-4-8-21/h2-20H,1H3. The molecule has 0 amide bonds. The molecule has 0 spiro atoms. The quantitative estimate of drug-likeness (QED) is 0.213. The molecule has 0 fully saturated rings. The Labute approximate surface area is 224 Å². The highest BCUT2D eigenvalue weighted by Crippen LogP contribution is 2.35. The largest absolute Gasteiger partial charge is 0.497 e. The highest BCUT2D eigenvalue weighted by atomic mass is 32.2. The lowest BCUT2D eigenvalue weighted by molar-refractivity contribution is 0.415. The fourth-order valence-corrected chi connectivity index (χ4v) is 5.42. The minimum atomic E-state index is -4.36. The molecule has 0 aliphatic rings. The van der Waals surface area contributed by atoms with E-state index in [1.54, 1.807) is 49.6 Å². The first-order chi connectivity index (χ1) is 18.9. The summed E-state index contributed by atoms with van der Waals surface area (Å²) in [6, 6.07) is 33.6. The third-order valence-corrected chi connectivity index (χ3v) is 7.74. The van der Waals surface area contributed by atoms with Crippen LogP contribution in [0.25, 0.3) is 44.2 Å². The zero-order valence-corrected chi connectivity index (χ0v) is 21.6.